The van der Waals surface area contributed by atoms with Crippen LogP contribution >= 0.6 is 0 Å². The molecule has 0 saturated heterocycles. The Hall–Kier alpha value is -2.80. The predicted molar refractivity (Wildman–Crippen MR) is 84.2 cm³/mol. The number of hydrogen-bond donors (Lipinski definition) is 0. The molecule has 0 aliphatic carbocycles. The molecule has 0 spiro atoms. The number of esters is 1. The average Bonchev–Trinajstić information content (AvgIpc) is 3.22. The maximum Gasteiger partial charge on any atom is 0.375 e. The lowest BCUT2D eigenvalue weighted by Crippen LogP contribution is -2.17. The first-order chi connectivity index (χ1) is 11.7. The molecular weight excluding hydrogens is 312 g/mol. The maximum atomic E-state index is 11.3. The summed E-state index contributed by atoms with van der Waals surface area (Å²) in [6, 6.07) is 9.73. The second-order valence-corrected chi connectivity index (χ2v) is 5.15. The Morgan fingerprint density at radius 1 is 1.33 bits per heavy atom. The zero-order valence-corrected chi connectivity index (χ0v) is 13.5. The van der Waals surface area contributed by atoms with Crippen LogP contribution in [0.5, 0.6) is 0 Å². The van der Waals surface area contributed by atoms with Crippen molar-refractivity contribution in [1.82, 2.24) is 10.0 Å². The fourth-order valence-corrected chi connectivity index (χ4v) is 2.25. The fourth-order valence-electron chi connectivity index (χ4n) is 2.25. The second kappa shape index (κ2) is 7.18. The molecule has 1 aliphatic heterocycles. The molecule has 3 rings (SSSR count). The van der Waals surface area contributed by atoms with Gasteiger partial charge in [0.05, 0.1) is 25.6 Å². The standard InChI is InChI=1S/C17H18N2O5/c1-12-14(18-16(24-12)13-6-4-3-5-7-13)8-9-23-19-10-15(22-11-19)17(20)21-2/h3-7,10H,8-9,11H2,1-2H3. The number of carbonyl (C=O) groups excluding carboxylic acids is 1. The maximum absolute atomic E-state index is 11.3. The lowest BCUT2D eigenvalue weighted by molar-refractivity contribution is -0.150. The van der Waals surface area contributed by atoms with Gasteiger partial charge in [-0.2, -0.15) is 0 Å². The van der Waals surface area contributed by atoms with Crippen LogP contribution in [0.15, 0.2) is 46.7 Å². The van der Waals surface area contributed by atoms with E-state index in [4.69, 9.17) is 14.0 Å². The number of ether oxygens (including phenoxy) is 2. The van der Waals surface area contributed by atoms with Crippen LogP contribution in [0.1, 0.15) is 11.5 Å². The molecule has 0 fully saturated rings. The van der Waals surface area contributed by atoms with Crippen molar-refractivity contribution in [3.8, 4) is 11.5 Å². The number of aromatic nitrogens is 1. The number of nitrogens with zero attached hydrogens (tertiary/aromatic N) is 2. The van der Waals surface area contributed by atoms with E-state index in [2.05, 4.69) is 9.72 Å². The summed E-state index contributed by atoms with van der Waals surface area (Å²) in [7, 11) is 1.30. The van der Waals surface area contributed by atoms with Crippen LogP contribution in [-0.4, -0.2) is 36.5 Å². The van der Waals surface area contributed by atoms with Gasteiger partial charge in [0.25, 0.3) is 0 Å². The van der Waals surface area contributed by atoms with Gasteiger partial charge in [0, 0.05) is 12.0 Å². The molecule has 0 unspecified atom stereocenters. The van der Waals surface area contributed by atoms with Gasteiger partial charge in [0.15, 0.2) is 6.73 Å². The largest absolute Gasteiger partial charge is 0.463 e. The zero-order chi connectivity index (χ0) is 16.9. The van der Waals surface area contributed by atoms with Gasteiger partial charge >= 0.3 is 5.97 Å². The van der Waals surface area contributed by atoms with Gasteiger partial charge in [-0.15, -0.1) is 0 Å². The predicted octanol–water partition coefficient (Wildman–Crippen LogP) is 2.43. The summed E-state index contributed by atoms with van der Waals surface area (Å²) in [5.41, 5.74) is 1.78. The molecule has 0 saturated carbocycles. The van der Waals surface area contributed by atoms with Crippen LogP contribution in [0.25, 0.3) is 11.5 Å². The summed E-state index contributed by atoms with van der Waals surface area (Å²) in [5, 5.41) is 1.44. The van der Waals surface area contributed by atoms with Crippen LogP contribution < -0.4 is 0 Å². The van der Waals surface area contributed by atoms with Gasteiger partial charge in [0.2, 0.25) is 11.6 Å². The van der Waals surface area contributed by atoms with E-state index >= 15 is 0 Å². The SMILES string of the molecule is COC(=O)C1=CN(OCCc2nc(-c3ccccc3)oc2C)CO1. The molecule has 7 heteroatoms. The molecule has 0 amide bonds. The third-order valence-corrected chi connectivity index (χ3v) is 3.50. The summed E-state index contributed by atoms with van der Waals surface area (Å²) in [4.78, 5) is 21.4. The summed E-state index contributed by atoms with van der Waals surface area (Å²) in [6.07, 6.45) is 2.05. The van der Waals surface area contributed by atoms with Crippen molar-refractivity contribution in [2.45, 2.75) is 13.3 Å². The number of aryl methyl sites for hydroxylation is 1. The molecule has 7 nitrogen and oxygen atoms in total. The minimum atomic E-state index is -0.527. The Bertz CT molecular complexity index is 739. The van der Waals surface area contributed by atoms with Gasteiger partial charge in [-0.1, -0.05) is 18.2 Å². The Kier molecular flexibility index (Phi) is 4.81. The van der Waals surface area contributed by atoms with Crippen LogP contribution in [0.2, 0.25) is 0 Å². The Labute approximate surface area is 139 Å². The van der Waals surface area contributed by atoms with Crippen LogP contribution in [-0.2, 0) is 25.5 Å². The normalized spacial score (nSPS) is 13.6. The van der Waals surface area contributed by atoms with E-state index in [0.717, 1.165) is 17.0 Å². The molecule has 0 bridgehead atoms. The van der Waals surface area contributed by atoms with E-state index < -0.39 is 5.97 Å². The van der Waals surface area contributed by atoms with Gasteiger partial charge in [-0.3, -0.25) is 4.84 Å². The molecule has 1 aliphatic rings. The Balaban J connectivity index is 1.55. The van der Waals surface area contributed by atoms with E-state index in [1.807, 2.05) is 37.3 Å². The molecule has 1 aromatic carbocycles. The van der Waals surface area contributed by atoms with Crippen molar-refractivity contribution in [1.29, 1.82) is 0 Å². The number of benzene rings is 1. The number of carbonyl (C=O) groups is 1. The molecule has 0 N–H and O–H groups in total. The van der Waals surface area contributed by atoms with E-state index in [1.54, 1.807) is 0 Å². The van der Waals surface area contributed by atoms with Crippen molar-refractivity contribution in [3.63, 3.8) is 0 Å². The topological polar surface area (TPSA) is 74.0 Å². The summed E-state index contributed by atoms with van der Waals surface area (Å²) < 4.78 is 15.4. The molecule has 2 heterocycles. The third-order valence-electron chi connectivity index (χ3n) is 3.50. The first-order valence-electron chi connectivity index (χ1n) is 7.51. The monoisotopic (exact) mass is 330 g/mol. The van der Waals surface area contributed by atoms with Crippen LogP contribution in [0.3, 0.4) is 0 Å². The minimum Gasteiger partial charge on any atom is -0.463 e. The first kappa shape index (κ1) is 16.1. The highest BCUT2D eigenvalue weighted by Crippen LogP contribution is 2.22. The minimum absolute atomic E-state index is 0.126. The number of oxazole rings is 1. The molecule has 126 valence electrons. The number of hydroxylamine groups is 2. The highest BCUT2D eigenvalue weighted by Gasteiger charge is 2.21. The highest BCUT2D eigenvalue weighted by molar-refractivity contribution is 5.86. The molecule has 0 radical (unpaired) electrons. The van der Waals surface area contributed by atoms with E-state index in [-0.39, 0.29) is 12.5 Å². The molecule has 1 aromatic heterocycles. The third kappa shape index (κ3) is 3.57. The fraction of sp³-hybridized carbons (Fsp3) is 0.294. The quantitative estimate of drug-likeness (QED) is 0.753. The van der Waals surface area contributed by atoms with E-state index in [0.29, 0.717) is 18.9 Å². The molecular formula is C17H18N2O5. The second-order valence-electron chi connectivity index (χ2n) is 5.15. The number of hydrogen-bond acceptors (Lipinski definition) is 7. The number of methoxy groups -OCH3 is 1. The van der Waals surface area contributed by atoms with Crippen molar-refractivity contribution < 1.29 is 23.5 Å². The van der Waals surface area contributed by atoms with Crippen LogP contribution in [0, 0.1) is 6.92 Å². The van der Waals surface area contributed by atoms with Crippen molar-refractivity contribution in [3.05, 3.63) is 53.7 Å². The lowest BCUT2D eigenvalue weighted by Gasteiger charge is -2.12. The van der Waals surface area contributed by atoms with Gasteiger partial charge < -0.3 is 13.9 Å². The Morgan fingerprint density at radius 3 is 2.88 bits per heavy atom. The van der Waals surface area contributed by atoms with Gasteiger partial charge in [-0.05, 0) is 19.1 Å². The van der Waals surface area contributed by atoms with Crippen molar-refractivity contribution in [2.24, 2.45) is 0 Å². The Morgan fingerprint density at radius 2 is 2.12 bits per heavy atom. The number of rotatable bonds is 6. The average molecular weight is 330 g/mol. The molecule has 0 atom stereocenters. The zero-order valence-electron chi connectivity index (χ0n) is 13.5. The summed E-state index contributed by atoms with van der Waals surface area (Å²) >= 11 is 0. The van der Waals surface area contributed by atoms with Gasteiger partial charge in [0.1, 0.15) is 5.76 Å². The van der Waals surface area contributed by atoms with E-state index in [9.17, 15) is 4.79 Å². The van der Waals surface area contributed by atoms with Crippen LogP contribution in [0.4, 0.5) is 0 Å². The van der Waals surface area contributed by atoms with Gasteiger partial charge in [-0.25, -0.2) is 14.8 Å². The summed E-state index contributed by atoms with van der Waals surface area (Å²) in [5.74, 6) is 0.962. The molecule has 24 heavy (non-hydrogen) atoms. The van der Waals surface area contributed by atoms with Crippen molar-refractivity contribution in [2.75, 3.05) is 20.4 Å². The molecule has 2 aromatic rings. The lowest BCUT2D eigenvalue weighted by atomic mass is 10.2. The summed E-state index contributed by atoms with van der Waals surface area (Å²) in [6.45, 7) is 2.41. The highest BCUT2D eigenvalue weighted by atomic mass is 16.7. The van der Waals surface area contributed by atoms with E-state index in [1.165, 1.54) is 18.4 Å². The van der Waals surface area contributed by atoms with Crippen molar-refractivity contribution >= 4 is 5.97 Å². The first-order valence-corrected chi connectivity index (χ1v) is 7.51. The smallest absolute Gasteiger partial charge is 0.375 e.